The molecule has 3 aromatic rings. The molecule has 35 heavy (non-hydrogen) atoms. The fraction of sp³-hybridized carbons (Fsp3) is 0.160. The number of ketones is 1. The van der Waals surface area contributed by atoms with Crippen LogP contribution in [0.3, 0.4) is 0 Å². The molecule has 0 saturated heterocycles. The van der Waals surface area contributed by atoms with Gasteiger partial charge in [-0.25, -0.2) is 9.69 Å². The summed E-state index contributed by atoms with van der Waals surface area (Å²) in [5.74, 6) is -3.29. The van der Waals surface area contributed by atoms with E-state index in [2.05, 4.69) is 5.32 Å². The van der Waals surface area contributed by atoms with E-state index in [-0.39, 0.29) is 56.8 Å². The zero-order chi connectivity index (χ0) is 25.4. The molecular formula is C25H19ClN2O7. The van der Waals surface area contributed by atoms with Crippen LogP contribution in [-0.2, 0) is 4.74 Å². The van der Waals surface area contributed by atoms with Crippen LogP contribution in [0.5, 0.6) is 0 Å². The van der Waals surface area contributed by atoms with Gasteiger partial charge in [0.2, 0.25) is 5.88 Å². The highest BCUT2D eigenvalue weighted by Crippen LogP contribution is 2.34. The molecular weight excluding hydrogens is 476 g/mol. The molecule has 2 aromatic carbocycles. The van der Waals surface area contributed by atoms with Crippen molar-refractivity contribution in [3.63, 3.8) is 0 Å². The first-order valence-electron chi connectivity index (χ1n) is 10.6. The molecule has 1 aromatic heterocycles. The maximum Gasteiger partial charge on any atom is 0.344 e. The predicted molar refractivity (Wildman–Crippen MR) is 126 cm³/mol. The molecule has 0 unspecified atom stereocenters. The van der Waals surface area contributed by atoms with Crippen molar-refractivity contribution in [3.8, 4) is 0 Å². The van der Waals surface area contributed by atoms with Gasteiger partial charge < -0.3 is 9.15 Å². The molecule has 178 valence electrons. The average molecular weight is 495 g/mol. The minimum Gasteiger partial charge on any atom is -0.462 e. The number of Topliss-reactive ketones (excluding diaryl/α,β-unsaturated/α-hetero) is 1. The number of furan rings is 1. The van der Waals surface area contributed by atoms with Gasteiger partial charge in [0.25, 0.3) is 17.7 Å². The van der Waals surface area contributed by atoms with E-state index in [1.807, 2.05) is 0 Å². The Morgan fingerprint density at radius 1 is 1.03 bits per heavy atom. The summed E-state index contributed by atoms with van der Waals surface area (Å²) in [7, 11) is 0. The normalized spacial score (nSPS) is 12.5. The Bertz CT molecular complexity index is 1420. The third-order valence-corrected chi connectivity index (χ3v) is 5.70. The molecule has 0 bridgehead atoms. The topological polar surface area (TPSA) is 123 Å². The molecule has 0 fully saturated rings. The Hall–Kier alpha value is -4.24. The lowest BCUT2D eigenvalue weighted by atomic mass is 10.0. The van der Waals surface area contributed by atoms with Crippen molar-refractivity contribution >= 4 is 52.6 Å². The highest BCUT2D eigenvalue weighted by Gasteiger charge is 2.38. The summed E-state index contributed by atoms with van der Waals surface area (Å²) in [6, 6.07) is 10.4. The molecule has 10 heteroatoms. The van der Waals surface area contributed by atoms with Gasteiger partial charge in [0.05, 0.1) is 34.0 Å². The maximum atomic E-state index is 13.0. The molecule has 0 aliphatic carbocycles. The minimum absolute atomic E-state index is 0.00357. The molecule has 0 radical (unpaired) electrons. The van der Waals surface area contributed by atoms with Crippen LogP contribution < -0.4 is 10.2 Å². The molecule has 4 rings (SSSR count). The van der Waals surface area contributed by atoms with Crippen molar-refractivity contribution in [2.45, 2.75) is 20.8 Å². The van der Waals surface area contributed by atoms with Crippen LogP contribution in [0.2, 0.25) is 5.02 Å². The zero-order valence-corrected chi connectivity index (χ0v) is 19.7. The SMILES string of the molecule is CCOC(=O)c1c(NC(=O)c2ccc3c(c2)C(=O)N(c2ccccc2Cl)C3=O)oc(C)c1C(C)=O. The van der Waals surface area contributed by atoms with Gasteiger partial charge in [0.15, 0.2) is 5.78 Å². The summed E-state index contributed by atoms with van der Waals surface area (Å²) in [6.07, 6.45) is 0. The Morgan fingerprint density at radius 2 is 1.71 bits per heavy atom. The summed E-state index contributed by atoms with van der Waals surface area (Å²) < 4.78 is 10.5. The van der Waals surface area contributed by atoms with Gasteiger partial charge in [-0.15, -0.1) is 0 Å². The number of para-hydroxylation sites is 1. The Balaban J connectivity index is 1.67. The minimum atomic E-state index is -0.824. The van der Waals surface area contributed by atoms with Crippen LogP contribution in [0, 0.1) is 6.92 Å². The summed E-state index contributed by atoms with van der Waals surface area (Å²) in [4.78, 5) is 64.4. The summed E-state index contributed by atoms with van der Waals surface area (Å²) in [6.45, 7) is 4.40. The van der Waals surface area contributed by atoms with Crippen molar-refractivity contribution in [1.29, 1.82) is 0 Å². The molecule has 9 nitrogen and oxygen atoms in total. The fourth-order valence-corrected chi connectivity index (χ4v) is 4.08. The van der Waals surface area contributed by atoms with Crippen molar-refractivity contribution < 1.29 is 33.1 Å². The lowest BCUT2D eigenvalue weighted by molar-refractivity contribution is 0.0524. The van der Waals surface area contributed by atoms with Crippen molar-refractivity contribution in [1.82, 2.24) is 0 Å². The van der Waals surface area contributed by atoms with Crippen LogP contribution in [-0.4, -0.2) is 36.1 Å². The Morgan fingerprint density at radius 3 is 2.37 bits per heavy atom. The number of aryl methyl sites for hydroxylation is 1. The average Bonchev–Trinajstić information content (AvgIpc) is 3.27. The standard InChI is InChI=1S/C25H19ClN2O7/c1-4-34-25(33)20-19(12(2)29)13(3)35-22(20)27-21(30)14-9-10-15-16(11-14)24(32)28(23(15)31)18-8-6-5-7-17(18)26/h5-11H,4H2,1-3H3,(H,27,30). The van der Waals surface area contributed by atoms with Crippen LogP contribution in [0.1, 0.15) is 71.4 Å². The second kappa shape index (κ2) is 9.19. The zero-order valence-electron chi connectivity index (χ0n) is 18.9. The van der Waals surface area contributed by atoms with Crippen LogP contribution in [0.4, 0.5) is 11.6 Å². The van der Waals surface area contributed by atoms with Crippen molar-refractivity contribution in [2.75, 3.05) is 16.8 Å². The number of nitrogens with zero attached hydrogens (tertiary/aromatic N) is 1. The third-order valence-electron chi connectivity index (χ3n) is 5.39. The van der Waals surface area contributed by atoms with Gasteiger partial charge in [0, 0.05) is 5.56 Å². The predicted octanol–water partition coefficient (Wildman–Crippen LogP) is 4.67. The van der Waals surface area contributed by atoms with Crippen molar-refractivity contribution in [2.24, 2.45) is 0 Å². The lowest BCUT2D eigenvalue weighted by Crippen LogP contribution is -2.29. The van der Waals surface area contributed by atoms with Gasteiger partial charge in [-0.1, -0.05) is 23.7 Å². The van der Waals surface area contributed by atoms with Gasteiger partial charge in [0.1, 0.15) is 11.3 Å². The number of imide groups is 1. The summed E-state index contributed by atoms with van der Waals surface area (Å²) in [5.41, 5.74) is 0.207. The number of halogens is 1. The Kier molecular flexibility index (Phi) is 6.27. The summed E-state index contributed by atoms with van der Waals surface area (Å²) >= 11 is 6.17. The highest BCUT2D eigenvalue weighted by atomic mass is 35.5. The van der Waals surface area contributed by atoms with Gasteiger partial charge in [-0.3, -0.25) is 24.5 Å². The number of hydrogen-bond donors (Lipinski definition) is 1. The molecule has 1 aliphatic rings. The first-order chi connectivity index (χ1) is 16.6. The number of esters is 1. The van der Waals surface area contributed by atoms with Crippen molar-refractivity contribution in [3.05, 3.63) is 81.1 Å². The molecule has 1 aliphatic heterocycles. The first-order valence-corrected chi connectivity index (χ1v) is 10.9. The van der Waals surface area contributed by atoms with E-state index in [4.69, 9.17) is 20.8 Å². The number of anilines is 2. The molecule has 2 heterocycles. The number of rotatable bonds is 6. The second-order valence-corrected chi connectivity index (χ2v) is 8.03. The van der Waals surface area contributed by atoms with E-state index in [1.165, 1.54) is 32.0 Å². The fourth-order valence-electron chi connectivity index (χ4n) is 3.86. The number of carbonyl (C=O) groups is 5. The second-order valence-electron chi connectivity index (χ2n) is 7.63. The van der Waals surface area contributed by atoms with Crippen LogP contribution in [0.15, 0.2) is 46.9 Å². The largest absolute Gasteiger partial charge is 0.462 e. The van der Waals surface area contributed by atoms with Crippen LogP contribution in [0.25, 0.3) is 0 Å². The third kappa shape index (κ3) is 4.10. The molecule has 0 spiro atoms. The van der Waals surface area contributed by atoms with Gasteiger partial charge in [-0.2, -0.15) is 0 Å². The van der Waals surface area contributed by atoms with E-state index < -0.39 is 29.5 Å². The van der Waals surface area contributed by atoms with E-state index in [9.17, 15) is 24.0 Å². The van der Waals surface area contributed by atoms with Gasteiger partial charge in [-0.05, 0) is 51.1 Å². The molecule has 0 saturated carbocycles. The number of benzene rings is 2. The van der Waals surface area contributed by atoms with E-state index >= 15 is 0 Å². The summed E-state index contributed by atoms with van der Waals surface area (Å²) in [5, 5.41) is 2.68. The molecule has 1 N–H and O–H groups in total. The Labute approximate surface area is 204 Å². The number of nitrogens with one attached hydrogen (secondary N) is 1. The van der Waals surface area contributed by atoms with E-state index in [0.29, 0.717) is 0 Å². The maximum absolute atomic E-state index is 13.0. The highest BCUT2D eigenvalue weighted by molar-refractivity contribution is 6.40. The number of fused-ring (bicyclic) bond motifs is 1. The number of carbonyl (C=O) groups excluding carboxylic acids is 5. The first kappa shape index (κ1) is 23.9. The number of hydrogen-bond acceptors (Lipinski definition) is 7. The quantitative estimate of drug-likeness (QED) is 0.300. The monoisotopic (exact) mass is 494 g/mol. The molecule has 0 atom stereocenters. The van der Waals surface area contributed by atoms with E-state index in [0.717, 1.165) is 4.90 Å². The van der Waals surface area contributed by atoms with Crippen LogP contribution >= 0.6 is 11.6 Å². The van der Waals surface area contributed by atoms with E-state index in [1.54, 1.807) is 31.2 Å². The smallest absolute Gasteiger partial charge is 0.344 e. The number of ether oxygens (including phenoxy) is 1. The molecule has 3 amide bonds. The lowest BCUT2D eigenvalue weighted by Gasteiger charge is -2.15. The number of amides is 3. The van der Waals surface area contributed by atoms with Gasteiger partial charge >= 0.3 is 5.97 Å².